The van der Waals surface area contributed by atoms with E-state index in [4.69, 9.17) is 15.7 Å². The molecular formula is C14H14BrIN4O. The molecule has 2 N–H and O–H groups in total. The first-order chi connectivity index (χ1) is 9.97. The lowest BCUT2D eigenvalue weighted by Gasteiger charge is -2.12. The largest absolute Gasteiger partial charge is 0.484 e. The van der Waals surface area contributed by atoms with Crippen LogP contribution in [0, 0.1) is 14.9 Å². The van der Waals surface area contributed by atoms with Gasteiger partial charge in [0, 0.05) is 7.05 Å². The van der Waals surface area contributed by atoms with Gasteiger partial charge in [0.25, 0.3) is 0 Å². The van der Waals surface area contributed by atoms with Gasteiger partial charge in [-0.3, -0.25) is 4.68 Å². The quantitative estimate of drug-likeness (QED) is 0.560. The number of anilines is 1. The van der Waals surface area contributed by atoms with E-state index in [1.807, 2.05) is 7.05 Å². The zero-order valence-electron chi connectivity index (χ0n) is 11.7. The summed E-state index contributed by atoms with van der Waals surface area (Å²) in [6.07, 6.45) is 0.852. The molecule has 0 saturated carbocycles. The second-order valence-electron chi connectivity index (χ2n) is 4.46. The minimum atomic E-state index is 0.357. The normalized spacial score (nSPS) is 10.4. The average Bonchev–Trinajstić information content (AvgIpc) is 2.72. The topological polar surface area (TPSA) is 76.9 Å². The molecule has 2 rings (SSSR count). The Morgan fingerprint density at radius 1 is 1.52 bits per heavy atom. The van der Waals surface area contributed by atoms with Crippen LogP contribution in [0.3, 0.4) is 0 Å². The van der Waals surface area contributed by atoms with Crippen molar-refractivity contribution in [2.45, 2.75) is 20.0 Å². The second-order valence-corrected chi connectivity index (χ2v) is 6.42. The van der Waals surface area contributed by atoms with Gasteiger partial charge in [0.2, 0.25) is 0 Å². The number of nitrogens with zero attached hydrogens (tertiary/aromatic N) is 3. The summed E-state index contributed by atoms with van der Waals surface area (Å²) in [6.45, 7) is 2.41. The number of rotatable bonds is 4. The molecule has 1 aromatic carbocycles. The van der Waals surface area contributed by atoms with E-state index in [1.165, 1.54) is 0 Å². The molecule has 0 radical (unpaired) electrons. The van der Waals surface area contributed by atoms with Crippen molar-refractivity contribution in [3.63, 3.8) is 0 Å². The van der Waals surface area contributed by atoms with Crippen molar-refractivity contribution in [1.29, 1.82) is 5.26 Å². The molecule has 0 bridgehead atoms. The highest BCUT2D eigenvalue weighted by molar-refractivity contribution is 14.1. The van der Waals surface area contributed by atoms with Crippen molar-refractivity contribution in [3.8, 4) is 11.8 Å². The number of nitriles is 1. The summed E-state index contributed by atoms with van der Waals surface area (Å²) < 4.78 is 9.43. The molecule has 7 heteroatoms. The van der Waals surface area contributed by atoms with Gasteiger partial charge < -0.3 is 10.5 Å². The standard InChI is InChI=1S/C14H14BrIN4O/c1-3-11-13(15)12(20(2)19-11)7-21-14-9(16)4-8(6-17)5-10(14)18/h4-5H,3,7,18H2,1-2H3. The fraction of sp³-hybridized carbons (Fsp3) is 0.286. The summed E-state index contributed by atoms with van der Waals surface area (Å²) in [5.41, 5.74) is 8.90. The van der Waals surface area contributed by atoms with Crippen LogP contribution in [0.15, 0.2) is 16.6 Å². The Hall–Kier alpha value is -1.27. The van der Waals surface area contributed by atoms with Crippen molar-refractivity contribution in [2.75, 3.05) is 5.73 Å². The fourth-order valence-electron chi connectivity index (χ4n) is 1.95. The van der Waals surface area contributed by atoms with Gasteiger partial charge >= 0.3 is 0 Å². The molecule has 5 nitrogen and oxygen atoms in total. The van der Waals surface area contributed by atoms with Crippen LogP contribution in [0.5, 0.6) is 5.75 Å². The lowest BCUT2D eigenvalue weighted by atomic mass is 10.2. The summed E-state index contributed by atoms with van der Waals surface area (Å²) in [7, 11) is 1.88. The predicted molar refractivity (Wildman–Crippen MR) is 92.9 cm³/mol. The molecule has 0 unspecified atom stereocenters. The van der Waals surface area contributed by atoms with Crippen molar-refractivity contribution in [3.05, 3.63) is 37.1 Å². The van der Waals surface area contributed by atoms with E-state index >= 15 is 0 Å². The molecule has 1 heterocycles. The Balaban J connectivity index is 2.25. The zero-order chi connectivity index (χ0) is 15.6. The molecule has 1 aromatic heterocycles. The Kier molecular flexibility index (Phi) is 5.11. The summed E-state index contributed by atoms with van der Waals surface area (Å²) in [5.74, 6) is 0.598. The molecule has 0 saturated heterocycles. The highest BCUT2D eigenvalue weighted by Gasteiger charge is 2.15. The maximum Gasteiger partial charge on any atom is 0.156 e. The van der Waals surface area contributed by atoms with E-state index in [0.29, 0.717) is 23.6 Å². The van der Waals surface area contributed by atoms with E-state index in [-0.39, 0.29) is 0 Å². The zero-order valence-corrected chi connectivity index (χ0v) is 15.4. The number of aryl methyl sites for hydroxylation is 2. The molecule has 2 aromatic rings. The third-order valence-electron chi connectivity index (χ3n) is 3.06. The van der Waals surface area contributed by atoms with Crippen LogP contribution in [0.25, 0.3) is 0 Å². The van der Waals surface area contributed by atoms with Crippen LogP contribution >= 0.6 is 38.5 Å². The molecule has 110 valence electrons. The van der Waals surface area contributed by atoms with Gasteiger partial charge in [0.05, 0.1) is 36.8 Å². The molecule has 21 heavy (non-hydrogen) atoms. The maximum atomic E-state index is 8.92. The average molecular weight is 461 g/mol. The lowest BCUT2D eigenvalue weighted by Crippen LogP contribution is -2.06. The monoisotopic (exact) mass is 460 g/mol. The molecule has 0 amide bonds. The van der Waals surface area contributed by atoms with Crippen LogP contribution in [-0.4, -0.2) is 9.78 Å². The van der Waals surface area contributed by atoms with E-state index in [2.05, 4.69) is 56.6 Å². The van der Waals surface area contributed by atoms with Gasteiger partial charge in [-0.05, 0) is 57.1 Å². The number of hydrogen-bond acceptors (Lipinski definition) is 4. The highest BCUT2D eigenvalue weighted by Crippen LogP contribution is 2.31. The summed E-state index contributed by atoms with van der Waals surface area (Å²) in [6, 6.07) is 5.45. The molecule has 0 spiro atoms. The van der Waals surface area contributed by atoms with Crippen molar-refractivity contribution < 1.29 is 4.74 Å². The highest BCUT2D eigenvalue weighted by atomic mass is 127. The van der Waals surface area contributed by atoms with Crippen molar-refractivity contribution >= 4 is 44.2 Å². The second kappa shape index (κ2) is 6.66. The van der Waals surface area contributed by atoms with E-state index in [0.717, 1.165) is 25.9 Å². The van der Waals surface area contributed by atoms with Crippen LogP contribution < -0.4 is 10.5 Å². The van der Waals surface area contributed by atoms with Gasteiger partial charge in [-0.15, -0.1) is 0 Å². The van der Waals surface area contributed by atoms with Gasteiger partial charge in [0.15, 0.2) is 5.75 Å². The predicted octanol–water partition coefficient (Wildman–Crippen LogP) is 3.38. The van der Waals surface area contributed by atoms with Crippen molar-refractivity contribution in [2.24, 2.45) is 7.05 Å². The summed E-state index contributed by atoms with van der Waals surface area (Å²) in [4.78, 5) is 0. The van der Waals surface area contributed by atoms with E-state index < -0.39 is 0 Å². The number of halogens is 2. The molecule has 0 aliphatic rings. The first-order valence-corrected chi connectivity index (χ1v) is 8.17. The summed E-state index contributed by atoms with van der Waals surface area (Å²) >= 11 is 5.67. The number of hydrogen-bond donors (Lipinski definition) is 1. The van der Waals surface area contributed by atoms with Crippen LogP contribution in [0.2, 0.25) is 0 Å². The van der Waals surface area contributed by atoms with Crippen LogP contribution in [0.4, 0.5) is 5.69 Å². The third-order valence-corrected chi connectivity index (χ3v) is 4.77. The van der Waals surface area contributed by atoms with Gasteiger partial charge in [-0.25, -0.2) is 0 Å². The first-order valence-electron chi connectivity index (χ1n) is 6.30. The van der Waals surface area contributed by atoms with Crippen molar-refractivity contribution in [1.82, 2.24) is 9.78 Å². The Bertz CT molecular complexity index is 697. The Labute approximate surface area is 145 Å². The fourth-order valence-corrected chi connectivity index (χ4v) is 3.48. The minimum Gasteiger partial charge on any atom is -0.484 e. The number of aromatic nitrogens is 2. The van der Waals surface area contributed by atoms with E-state index in [1.54, 1.807) is 16.8 Å². The summed E-state index contributed by atoms with van der Waals surface area (Å²) in [5, 5.41) is 13.3. The molecule has 0 atom stereocenters. The van der Waals surface area contributed by atoms with Gasteiger partial charge in [-0.2, -0.15) is 10.4 Å². The lowest BCUT2D eigenvalue weighted by molar-refractivity contribution is 0.293. The molecule has 0 aliphatic carbocycles. The van der Waals surface area contributed by atoms with E-state index in [9.17, 15) is 0 Å². The number of benzene rings is 1. The molecule has 0 fully saturated rings. The smallest absolute Gasteiger partial charge is 0.156 e. The van der Waals surface area contributed by atoms with Crippen LogP contribution in [0.1, 0.15) is 23.9 Å². The maximum absolute atomic E-state index is 8.92. The minimum absolute atomic E-state index is 0.357. The SMILES string of the molecule is CCc1nn(C)c(COc2c(N)cc(C#N)cc2I)c1Br. The van der Waals surface area contributed by atoms with Crippen LogP contribution in [-0.2, 0) is 20.1 Å². The molecule has 0 aliphatic heterocycles. The Morgan fingerprint density at radius 2 is 2.24 bits per heavy atom. The number of nitrogen functional groups attached to an aromatic ring is 1. The number of nitrogens with two attached hydrogens (primary N) is 1. The van der Waals surface area contributed by atoms with Gasteiger partial charge in [-0.1, -0.05) is 6.92 Å². The Morgan fingerprint density at radius 3 is 2.76 bits per heavy atom. The molecular weight excluding hydrogens is 447 g/mol. The third kappa shape index (κ3) is 3.32. The number of ether oxygens (including phenoxy) is 1. The first kappa shape index (κ1) is 16.1. The van der Waals surface area contributed by atoms with Gasteiger partial charge in [0.1, 0.15) is 6.61 Å².